The molecular formula is C18H12Br2F3NO3. The number of carbonyl (C=O) groups is 1. The van der Waals surface area contributed by atoms with Crippen LogP contribution in [0.5, 0.6) is 11.5 Å². The fraction of sp³-hybridized carbons (Fsp3) is 0.278. The highest BCUT2D eigenvalue weighted by Crippen LogP contribution is 2.50. The molecule has 1 fully saturated rings. The second-order valence-corrected chi connectivity index (χ2v) is 8.35. The molecule has 1 aliphatic heterocycles. The van der Waals surface area contributed by atoms with E-state index in [1.54, 1.807) is 0 Å². The molecule has 9 heteroatoms. The van der Waals surface area contributed by atoms with Crippen LogP contribution in [-0.2, 0) is 6.18 Å². The number of hydrogen-bond acceptors (Lipinski definition) is 3. The SMILES string of the molecule is O=C(c1cc(Br)c(O)c(Br)c1)N1CC2(CC2)Oc2ccc(C(F)(F)F)cc21. The Hall–Kier alpha value is -1.74. The highest BCUT2D eigenvalue weighted by atomic mass is 79.9. The third kappa shape index (κ3) is 3.31. The first-order valence-corrected chi connectivity index (χ1v) is 9.58. The predicted octanol–water partition coefficient (Wildman–Crippen LogP) is 5.51. The van der Waals surface area contributed by atoms with Gasteiger partial charge in [-0.15, -0.1) is 0 Å². The Morgan fingerprint density at radius 2 is 1.78 bits per heavy atom. The van der Waals surface area contributed by atoms with Crippen molar-refractivity contribution in [1.29, 1.82) is 0 Å². The molecule has 1 N–H and O–H groups in total. The zero-order valence-corrected chi connectivity index (χ0v) is 16.8. The number of anilines is 1. The lowest BCUT2D eigenvalue weighted by atomic mass is 10.1. The van der Waals surface area contributed by atoms with E-state index in [4.69, 9.17) is 4.74 Å². The Balaban J connectivity index is 1.80. The number of phenols is 1. The summed E-state index contributed by atoms with van der Waals surface area (Å²) in [5.74, 6) is -0.268. The van der Waals surface area contributed by atoms with E-state index in [2.05, 4.69) is 31.9 Å². The zero-order valence-electron chi connectivity index (χ0n) is 13.6. The van der Waals surface area contributed by atoms with E-state index in [1.165, 1.54) is 23.1 Å². The lowest BCUT2D eigenvalue weighted by molar-refractivity contribution is -0.137. The lowest BCUT2D eigenvalue weighted by Gasteiger charge is -2.36. The van der Waals surface area contributed by atoms with E-state index in [0.717, 1.165) is 25.0 Å². The van der Waals surface area contributed by atoms with Crippen LogP contribution in [0.4, 0.5) is 18.9 Å². The normalized spacial score (nSPS) is 17.4. The van der Waals surface area contributed by atoms with Crippen molar-refractivity contribution >= 4 is 43.5 Å². The number of ether oxygens (including phenoxy) is 1. The topological polar surface area (TPSA) is 49.8 Å². The zero-order chi connectivity index (χ0) is 19.6. The van der Waals surface area contributed by atoms with Crippen molar-refractivity contribution in [3.8, 4) is 11.5 Å². The molecule has 0 saturated heterocycles. The van der Waals surface area contributed by atoms with Gasteiger partial charge in [0, 0.05) is 5.56 Å². The predicted molar refractivity (Wildman–Crippen MR) is 99.2 cm³/mol. The van der Waals surface area contributed by atoms with Gasteiger partial charge in [-0.2, -0.15) is 13.2 Å². The average Bonchev–Trinajstić information content (AvgIpc) is 3.35. The number of fused-ring (bicyclic) bond motifs is 1. The van der Waals surface area contributed by atoms with Gasteiger partial charge in [-0.05, 0) is 75.0 Å². The van der Waals surface area contributed by atoms with Crippen LogP contribution in [0, 0.1) is 0 Å². The molecule has 0 unspecified atom stereocenters. The number of hydrogen-bond donors (Lipinski definition) is 1. The lowest BCUT2D eigenvalue weighted by Crippen LogP contribution is -2.45. The monoisotopic (exact) mass is 505 g/mol. The third-order valence-corrected chi connectivity index (χ3v) is 5.88. The number of amides is 1. The second kappa shape index (κ2) is 6.13. The highest BCUT2D eigenvalue weighted by Gasteiger charge is 2.51. The van der Waals surface area contributed by atoms with E-state index in [1.807, 2.05) is 0 Å². The van der Waals surface area contributed by atoms with Gasteiger partial charge in [0.25, 0.3) is 5.91 Å². The largest absolute Gasteiger partial charge is 0.506 e. The molecule has 0 atom stereocenters. The molecule has 1 heterocycles. The summed E-state index contributed by atoms with van der Waals surface area (Å²) in [6.07, 6.45) is -3.05. The summed E-state index contributed by atoms with van der Waals surface area (Å²) in [7, 11) is 0. The smallest absolute Gasteiger partial charge is 0.416 e. The number of nitrogens with zero attached hydrogens (tertiary/aromatic N) is 1. The van der Waals surface area contributed by atoms with E-state index < -0.39 is 23.2 Å². The molecular weight excluding hydrogens is 495 g/mol. The molecule has 1 saturated carbocycles. The Kier molecular flexibility index (Phi) is 4.23. The van der Waals surface area contributed by atoms with Crippen LogP contribution in [0.1, 0.15) is 28.8 Å². The van der Waals surface area contributed by atoms with Crippen molar-refractivity contribution in [2.75, 3.05) is 11.4 Å². The molecule has 1 amide bonds. The van der Waals surface area contributed by atoms with Gasteiger partial charge in [-0.1, -0.05) is 0 Å². The summed E-state index contributed by atoms with van der Waals surface area (Å²) >= 11 is 6.34. The number of phenolic OH excluding ortho intramolecular Hbond substituents is 1. The van der Waals surface area contributed by atoms with E-state index in [-0.39, 0.29) is 29.3 Å². The number of aromatic hydroxyl groups is 1. The van der Waals surface area contributed by atoms with E-state index in [0.29, 0.717) is 8.95 Å². The maximum absolute atomic E-state index is 13.1. The van der Waals surface area contributed by atoms with Crippen molar-refractivity contribution < 1.29 is 27.8 Å². The molecule has 0 radical (unpaired) electrons. The maximum atomic E-state index is 13.1. The van der Waals surface area contributed by atoms with Crippen LogP contribution in [0.3, 0.4) is 0 Å². The fourth-order valence-electron chi connectivity index (χ4n) is 3.06. The van der Waals surface area contributed by atoms with Gasteiger partial charge in [0.1, 0.15) is 17.1 Å². The summed E-state index contributed by atoms with van der Waals surface area (Å²) in [5, 5.41) is 9.84. The summed E-state index contributed by atoms with van der Waals surface area (Å²) in [6, 6.07) is 6.03. The van der Waals surface area contributed by atoms with Gasteiger partial charge in [0.05, 0.1) is 26.7 Å². The molecule has 1 spiro atoms. The molecule has 2 aromatic rings. The average molecular weight is 507 g/mol. The molecule has 1 aliphatic carbocycles. The Bertz CT molecular complexity index is 934. The van der Waals surface area contributed by atoms with Crippen molar-refractivity contribution in [2.45, 2.75) is 24.6 Å². The Morgan fingerprint density at radius 3 is 2.33 bits per heavy atom. The summed E-state index contributed by atoms with van der Waals surface area (Å²) in [4.78, 5) is 14.4. The molecule has 27 heavy (non-hydrogen) atoms. The van der Waals surface area contributed by atoms with Crippen molar-refractivity contribution in [1.82, 2.24) is 0 Å². The maximum Gasteiger partial charge on any atom is 0.416 e. The first kappa shape index (κ1) is 18.6. The van der Waals surface area contributed by atoms with Crippen LogP contribution in [0.15, 0.2) is 39.3 Å². The van der Waals surface area contributed by atoms with Crippen LogP contribution in [0.2, 0.25) is 0 Å². The minimum absolute atomic E-state index is 0.0630. The van der Waals surface area contributed by atoms with Crippen molar-refractivity contribution in [3.05, 3.63) is 50.4 Å². The van der Waals surface area contributed by atoms with Crippen LogP contribution in [0.25, 0.3) is 0 Å². The van der Waals surface area contributed by atoms with Gasteiger partial charge in [0.15, 0.2) is 0 Å². The van der Waals surface area contributed by atoms with Crippen LogP contribution in [-0.4, -0.2) is 23.2 Å². The van der Waals surface area contributed by atoms with Gasteiger partial charge < -0.3 is 14.7 Å². The molecule has 2 aromatic carbocycles. The molecule has 4 rings (SSSR count). The van der Waals surface area contributed by atoms with E-state index in [9.17, 15) is 23.1 Å². The van der Waals surface area contributed by atoms with Crippen LogP contribution >= 0.6 is 31.9 Å². The van der Waals surface area contributed by atoms with E-state index >= 15 is 0 Å². The minimum atomic E-state index is -4.52. The van der Waals surface area contributed by atoms with Crippen molar-refractivity contribution in [2.24, 2.45) is 0 Å². The molecule has 0 aromatic heterocycles. The van der Waals surface area contributed by atoms with Gasteiger partial charge >= 0.3 is 6.18 Å². The first-order chi connectivity index (χ1) is 12.6. The Morgan fingerprint density at radius 1 is 1.15 bits per heavy atom. The molecule has 142 valence electrons. The molecule has 0 bridgehead atoms. The summed E-state index contributed by atoms with van der Waals surface area (Å²) in [6.45, 7) is 0.177. The second-order valence-electron chi connectivity index (χ2n) is 6.65. The van der Waals surface area contributed by atoms with Gasteiger partial charge in [-0.3, -0.25) is 4.79 Å². The number of halogens is 5. The number of carbonyl (C=O) groups excluding carboxylic acids is 1. The summed E-state index contributed by atoms with van der Waals surface area (Å²) in [5.41, 5.74) is -1.06. The minimum Gasteiger partial charge on any atom is -0.506 e. The Labute approximate surface area is 169 Å². The quantitative estimate of drug-likeness (QED) is 0.555. The molecule has 4 nitrogen and oxygen atoms in total. The first-order valence-electron chi connectivity index (χ1n) is 8.00. The highest BCUT2D eigenvalue weighted by molar-refractivity contribution is 9.11. The third-order valence-electron chi connectivity index (χ3n) is 4.67. The van der Waals surface area contributed by atoms with Crippen LogP contribution < -0.4 is 9.64 Å². The number of alkyl halides is 3. The van der Waals surface area contributed by atoms with Gasteiger partial charge in [-0.25, -0.2) is 0 Å². The van der Waals surface area contributed by atoms with Crippen molar-refractivity contribution in [3.63, 3.8) is 0 Å². The molecule has 2 aliphatic rings. The summed E-state index contributed by atoms with van der Waals surface area (Å²) < 4.78 is 45.9. The number of benzene rings is 2. The van der Waals surface area contributed by atoms with Gasteiger partial charge in [0.2, 0.25) is 0 Å². The standard InChI is InChI=1S/C18H12Br2F3NO3/c19-11-5-9(6-12(20)15(11)25)16(26)24-8-17(3-4-17)27-14-2-1-10(7-13(14)24)18(21,22)23/h1-2,5-7,25H,3-4,8H2. The fourth-order valence-corrected chi connectivity index (χ4v) is 4.24. The number of rotatable bonds is 1.